The molecule has 0 saturated carbocycles. The molecule has 0 aliphatic carbocycles. The Balaban J connectivity index is 2.30. The number of nitrogens with two attached hydrogens (primary N) is 1. The monoisotopic (exact) mass is 279 g/mol. The fraction of sp³-hybridized carbons (Fsp3) is 0.250. The van der Waals surface area contributed by atoms with Gasteiger partial charge in [-0.1, -0.05) is 11.6 Å². The minimum absolute atomic E-state index is 0.335. The molecule has 0 aromatic carbocycles. The van der Waals surface area contributed by atoms with Gasteiger partial charge in [0.1, 0.15) is 11.5 Å². The predicted molar refractivity (Wildman–Crippen MR) is 74.3 cm³/mol. The van der Waals surface area contributed by atoms with Crippen LogP contribution in [0.4, 0.5) is 11.5 Å². The molecule has 0 spiro atoms. The van der Waals surface area contributed by atoms with E-state index >= 15 is 0 Å². The quantitative estimate of drug-likeness (QED) is 0.901. The largest absolute Gasteiger partial charge is 0.395 e. The van der Waals surface area contributed by atoms with Crippen molar-refractivity contribution in [3.63, 3.8) is 0 Å². The molecule has 0 unspecified atom stereocenters. The second-order valence-corrected chi connectivity index (χ2v) is 4.41. The average molecular weight is 280 g/mol. The molecule has 0 bridgehead atoms. The Kier molecular flexibility index (Phi) is 3.71. The van der Waals surface area contributed by atoms with E-state index in [1.807, 2.05) is 6.92 Å². The Labute approximate surface area is 115 Å². The number of aromatic nitrogens is 3. The molecule has 6 nitrogen and oxygen atoms in total. The van der Waals surface area contributed by atoms with Crippen LogP contribution in [0, 0.1) is 6.92 Å². The molecule has 0 radical (unpaired) electrons. The van der Waals surface area contributed by atoms with Crippen LogP contribution in [0.15, 0.2) is 18.3 Å². The fourth-order valence-corrected chi connectivity index (χ4v) is 1.87. The van der Waals surface area contributed by atoms with E-state index in [4.69, 9.17) is 17.3 Å². The van der Waals surface area contributed by atoms with E-state index in [-0.39, 0.29) is 5.91 Å². The van der Waals surface area contributed by atoms with Gasteiger partial charge in [-0.25, -0.2) is 4.98 Å². The van der Waals surface area contributed by atoms with Crippen molar-refractivity contribution < 1.29 is 4.79 Å². The second-order valence-electron chi connectivity index (χ2n) is 3.98. The predicted octanol–water partition coefficient (Wildman–Crippen LogP) is 2.09. The summed E-state index contributed by atoms with van der Waals surface area (Å²) in [5.41, 5.74) is 7.21. The summed E-state index contributed by atoms with van der Waals surface area (Å²) in [7, 11) is 0. The summed E-state index contributed by atoms with van der Waals surface area (Å²) >= 11 is 5.83. The zero-order chi connectivity index (χ0) is 14.0. The number of hydrogen-bond donors (Lipinski definition) is 2. The van der Waals surface area contributed by atoms with E-state index in [0.29, 0.717) is 34.5 Å². The van der Waals surface area contributed by atoms with Gasteiger partial charge in [-0.15, -0.1) is 0 Å². The van der Waals surface area contributed by atoms with Crippen LogP contribution in [-0.4, -0.2) is 20.7 Å². The van der Waals surface area contributed by atoms with E-state index in [9.17, 15) is 4.79 Å². The van der Waals surface area contributed by atoms with Crippen molar-refractivity contribution in [2.75, 3.05) is 11.1 Å². The van der Waals surface area contributed by atoms with Gasteiger partial charge in [0, 0.05) is 17.8 Å². The SMILES string of the molecule is CCn1nc(C)c(N)c1C(=O)Nc1cc(Cl)ccn1. The third kappa shape index (κ3) is 2.68. The van der Waals surface area contributed by atoms with Crippen LogP contribution in [-0.2, 0) is 6.54 Å². The highest BCUT2D eigenvalue weighted by molar-refractivity contribution is 6.30. The molecule has 19 heavy (non-hydrogen) atoms. The number of pyridine rings is 1. The number of rotatable bonds is 3. The first kappa shape index (κ1) is 13.4. The van der Waals surface area contributed by atoms with E-state index in [0.717, 1.165) is 0 Å². The molecule has 0 aliphatic rings. The summed E-state index contributed by atoms with van der Waals surface area (Å²) in [6.07, 6.45) is 1.52. The van der Waals surface area contributed by atoms with Gasteiger partial charge in [0.15, 0.2) is 0 Å². The van der Waals surface area contributed by atoms with Crippen molar-refractivity contribution in [2.45, 2.75) is 20.4 Å². The van der Waals surface area contributed by atoms with Crippen LogP contribution in [0.5, 0.6) is 0 Å². The Bertz CT molecular complexity index is 623. The van der Waals surface area contributed by atoms with Crippen LogP contribution in [0.25, 0.3) is 0 Å². The van der Waals surface area contributed by atoms with Crippen molar-refractivity contribution >= 4 is 29.0 Å². The highest BCUT2D eigenvalue weighted by atomic mass is 35.5. The van der Waals surface area contributed by atoms with Gasteiger partial charge in [0.2, 0.25) is 0 Å². The molecule has 0 saturated heterocycles. The summed E-state index contributed by atoms with van der Waals surface area (Å²) in [6.45, 7) is 4.21. The smallest absolute Gasteiger partial charge is 0.277 e. The van der Waals surface area contributed by atoms with Crippen LogP contribution in [0.3, 0.4) is 0 Å². The first-order chi connectivity index (χ1) is 9.02. The Hall–Kier alpha value is -2.08. The molecular weight excluding hydrogens is 266 g/mol. The molecule has 3 N–H and O–H groups in total. The molecule has 2 heterocycles. The molecule has 100 valence electrons. The van der Waals surface area contributed by atoms with Crippen LogP contribution in [0.1, 0.15) is 23.1 Å². The molecule has 0 atom stereocenters. The molecule has 7 heteroatoms. The van der Waals surface area contributed by atoms with E-state index in [1.165, 1.54) is 6.20 Å². The van der Waals surface area contributed by atoms with Crippen molar-refractivity contribution in [3.8, 4) is 0 Å². The van der Waals surface area contributed by atoms with Gasteiger partial charge in [-0.3, -0.25) is 9.48 Å². The van der Waals surface area contributed by atoms with Crippen molar-refractivity contribution in [1.29, 1.82) is 0 Å². The minimum Gasteiger partial charge on any atom is -0.395 e. The maximum absolute atomic E-state index is 12.2. The fourth-order valence-electron chi connectivity index (χ4n) is 1.71. The van der Waals surface area contributed by atoms with E-state index in [2.05, 4.69) is 15.4 Å². The van der Waals surface area contributed by atoms with Gasteiger partial charge in [0.25, 0.3) is 5.91 Å². The van der Waals surface area contributed by atoms with Gasteiger partial charge < -0.3 is 11.1 Å². The number of nitrogen functional groups attached to an aromatic ring is 1. The summed E-state index contributed by atoms with van der Waals surface area (Å²) in [5.74, 6) is 0.0214. The molecular formula is C12H14ClN5O. The number of nitrogens with zero attached hydrogens (tertiary/aromatic N) is 3. The lowest BCUT2D eigenvalue weighted by molar-refractivity contribution is 0.101. The standard InChI is InChI=1S/C12H14ClN5O/c1-3-18-11(10(14)7(2)17-18)12(19)16-9-6-8(13)4-5-15-9/h4-6H,3,14H2,1-2H3,(H,15,16,19). The number of amides is 1. The molecule has 2 aromatic heterocycles. The number of nitrogens with one attached hydrogen (secondary N) is 1. The average Bonchev–Trinajstić information content (AvgIpc) is 2.65. The first-order valence-corrected chi connectivity index (χ1v) is 6.16. The summed E-state index contributed by atoms with van der Waals surface area (Å²) < 4.78 is 1.56. The van der Waals surface area contributed by atoms with Gasteiger partial charge in [-0.05, 0) is 26.0 Å². The minimum atomic E-state index is -0.352. The molecule has 0 aliphatic heterocycles. The third-order valence-electron chi connectivity index (χ3n) is 2.65. The summed E-state index contributed by atoms with van der Waals surface area (Å²) in [6, 6.07) is 3.20. The Morgan fingerprint density at radius 2 is 2.32 bits per heavy atom. The molecule has 1 amide bonds. The summed E-state index contributed by atoms with van der Waals surface area (Å²) in [5, 5.41) is 7.34. The maximum Gasteiger partial charge on any atom is 0.277 e. The lowest BCUT2D eigenvalue weighted by atomic mass is 10.3. The number of anilines is 2. The lowest BCUT2D eigenvalue weighted by Crippen LogP contribution is -2.19. The number of carbonyl (C=O) groups is 1. The van der Waals surface area contributed by atoms with Crippen molar-refractivity contribution in [3.05, 3.63) is 34.7 Å². The van der Waals surface area contributed by atoms with Crippen LogP contribution < -0.4 is 11.1 Å². The summed E-state index contributed by atoms with van der Waals surface area (Å²) in [4.78, 5) is 16.2. The third-order valence-corrected chi connectivity index (χ3v) is 2.89. The Morgan fingerprint density at radius 3 is 2.95 bits per heavy atom. The van der Waals surface area contributed by atoms with Gasteiger partial charge in [-0.2, -0.15) is 5.10 Å². The first-order valence-electron chi connectivity index (χ1n) is 5.78. The zero-order valence-corrected chi connectivity index (χ0v) is 11.4. The molecule has 2 aromatic rings. The Morgan fingerprint density at radius 1 is 1.58 bits per heavy atom. The van der Waals surface area contributed by atoms with E-state index in [1.54, 1.807) is 23.7 Å². The number of hydrogen-bond acceptors (Lipinski definition) is 4. The zero-order valence-electron chi connectivity index (χ0n) is 10.6. The van der Waals surface area contributed by atoms with Crippen molar-refractivity contribution in [1.82, 2.24) is 14.8 Å². The van der Waals surface area contributed by atoms with Gasteiger partial charge >= 0.3 is 0 Å². The van der Waals surface area contributed by atoms with E-state index < -0.39 is 0 Å². The maximum atomic E-state index is 12.2. The van der Waals surface area contributed by atoms with Crippen LogP contribution >= 0.6 is 11.6 Å². The topological polar surface area (TPSA) is 85.8 Å². The highest BCUT2D eigenvalue weighted by Crippen LogP contribution is 2.18. The van der Waals surface area contributed by atoms with Crippen molar-refractivity contribution in [2.24, 2.45) is 0 Å². The number of aryl methyl sites for hydroxylation is 2. The normalized spacial score (nSPS) is 10.5. The van der Waals surface area contributed by atoms with Crippen LogP contribution in [0.2, 0.25) is 5.02 Å². The molecule has 0 fully saturated rings. The number of carbonyl (C=O) groups excluding carboxylic acids is 1. The van der Waals surface area contributed by atoms with Gasteiger partial charge in [0.05, 0.1) is 11.4 Å². The highest BCUT2D eigenvalue weighted by Gasteiger charge is 2.19. The molecule has 2 rings (SSSR count). The lowest BCUT2D eigenvalue weighted by Gasteiger charge is -2.07. The number of halogens is 1. The second kappa shape index (κ2) is 5.27.